The van der Waals surface area contributed by atoms with Crippen LogP contribution >= 0.6 is 11.8 Å². The summed E-state index contributed by atoms with van der Waals surface area (Å²) in [5.74, 6) is 0.107. The highest BCUT2D eigenvalue weighted by atomic mass is 32.2. The summed E-state index contributed by atoms with van der Waals surface area (Å²) in [6.45, 7) is 10.1. The molecule has 0 saturated heterocycles. The second-order valence-electron chi connectivity index (χ2n) is 7.97. The number of hydrogen-bond donors (Lipinski definition) is 1. The molecule has 2 aromatic carbocycles. The van der Waals surface area contributed by atoms with E-state index in [1.165, 1.54) is 11.8 Å². The van der Waals surface area contributed by atoms with Crippen molar-refractivity contribution < 1.29 is 9.59 Å². The van der Waals surface area contributed by atoms with Gasteiger partial charge >= 0.3 is 0 Å². The number of rotatable bonds is 7. The number of thioether (sulfide) groups is 1. The van der Waals surface area contributed by atoms with Crippen molar-refractivity contribution in [3.63, 3.8) is 0 Å². The molecule has 2 rings (SSSR count). The van der Waals surface area contributed by atoms with E-state index in [9.17, 15) is 9.59 Å². The molecule has 0 aliphatic heterocycles. The lowest BCUT2D eigenvalue weighted by Crippen LogP contribution is -2.52. The summed E-state index contributed by atoms with van der Waals surface area (Å²) < 4.78 is 0. The van der Waals surface area contributed by atoms with Crippen molar-refractivity contribution in [2.45, 2.75) is 57.6 Å². The van der Waals surface area contributed by atoms with E-state index in [0.29, 0.717) is 12.3 Å². The summed E-state index contributed by atoms with van der Waals surface area (Å²) in [6, 6.07) is 17.3. The number of hydrogen-bond acceptors (Lipinski definition) is 3. The third kappa shape index (κ3) is 6.71. The zero-order chi connectivity index (χ0) is 20.7. The number of amides is 2. The van der Waals surface area contributed by atoms with Gasteiger partial charge in [-0.15, -0.1) is 11.8 Å². The van der Waals surface area contributed by atoms with Gasteiger partial charge < -0.3 is 10.2 Å². The van der Waals surface area contributed by atoms with Crippen LogP contribution in [0.25, 0.3) is 0 Å². The third-order valence-corrected chi connectivity index (χ3v) is 5.37. The molecule has 0 aliphatic rings. The van der Waals surface area contributed by atoms with Crippen molar-refractivity contribution >= 4 is 23.6 Å². The molecule has 0 saturated carbocycles. The molecule has 1 atom stereocenters. The Morgan fingerprint density at radius 2 is 1.64 bits per heavy atom. The Balaban J connectivity index is 2.18. The summed E-state index contributed by atoms with van der Waals surface area (Å²) in [7, 11) is 0. The van der Waals surface area contributed by atoms with Crippen molar-refractivity contribution in [1.82, 2.24) is 10.2 Å². The molecule has 0 fully saturated rings. The number of nitrogens with one attached hydrogen (secondary N) is 1. The summed E-state index contributed by atoms with van der Waals surface area (Å²) in [5.41, 5.74) is 1.82. The van der Waals surface area contributed by atoms with Gasteiger partial charge in [0.1, 0.15) is 6.04 Å². The van der Waals surface area contributed by atoms with Crippen LogP contribution in [-0.4, -0.2) is 34.0 Å². The molecular weight excluding hydrogens is 368 g/mol. The van der Waals surface area contributed by atoms with E-state index >= 15 is 0 Å². The first kappa shape index (κ1) is 22.0. The summed E-state index contributed by atoms with van der Waals surface area (Å²) >= 11 is 1.49. The number of carbonyl (C=O) groups is 2. The zero-order valence-electron chi connectivity index (χ0n) is 17.4. The lowest BCUT2D eigenvalue weighted by Gasteiger charge is -2.31. The van der Waals surface area contributed by atoms with Crippen molar-refractivity contribution in [2.75, 3.05) is 5.75 Å². The minimum absolute atomic E-state index is 0.0475. The van der Waals surface area contributed by atoms with Crippen LogP contribution < -0.4 is 5.32 Å². The average molecular weight is 399 g/mol. The molecule has 0 bridgehead atoms. The maximum absolute atomic E-state index is 13.1. The Bertz CT molecular complexity index is 800. The standard InChI is InChI=1S/C23H30N2O2S/c1-17-11-9-10-12-19(17)15-25(18(2)22(27)24-23(3,4)5)21(26)16-28-20-13-7-6-8-14-20/h6-14,18H,15-16H2,1-5H3,(H,24,27)/t18-/m0/s1. The Kier molecular flexibility index (Phi) is 7.69. The van der Waals surface area contributed by atoms with E-state index in [4.69, 9.17) is 0 Å². The fourth-order valence-corrected chi connectivity index (χ4v) is 3.58. The summed E-state index contributed by atoms with van der Waals surface area (Å²) in [4.78, 5) is 28.5. The molecule has 0 radical (unpaired) electrons. The molecule has 4 nitrogen and oxygen atoms in total. The molecule has 0 spiro atoms. The van der Waals surface area contributed by atoms with Crippen LogP contribution in [0.1, 0.15) is 38.8 Å². The largest absolute Gasteiger partial charge is 0.350 e. The molecular formula is C23H30N2O2S. The van der Waals surface area contributed by atoms with Gasteiger partial charge in [-0.05, 0) is 57.9 Å². The van der Waals surface area contributed by atoms with Gasteiger partial charge in [-0.3, -0.25) is 9.59 Å². The van der Waals surface area contributed by atoms with E-state index in [-0.39, 0.29) is 17.4 Å². The number of carbonyl (C=O) groups excluding carboxylic acids is 2. The maximum atomic E-state index is 13.1. The first-order valence-electron chi connectivity index (χ1n) is 9.51. The van der Waals surface area contributed by atoms with Gasteiger partial charge in [0.05, 0.1) is 5.75 Å². The molecule has 0 unspecified atom stereocenters. The highest BCUT2D eigenvalue weighted by Gasteiger charge is 2.28. The quantitative estimate of drug-likeness (QED) is 0.703. The SMILES string of the molecule is Cc1ccccc1CN(C(=O)CSc1ccccc1)[C@@H](C)C(=O)NC(C)(C)C. The molecule has 2 amide bonds. The molecule has 150 valence electrons. The highest BCUT2D eigenvalue weighted by molar-refractivity contribution is 8.00. The summed E-state index contributed by atoms with van der Waals surface area (Å²) in [5, 5.41) is 2.99. The number of benzene rings is 2. The van der Waals surface area contributed by atoms with Crippen LogP contribution in [0.4, 0.5) is 0 Å². The van der Waals surface area contributed by atoms with Crippen LogP contribution in [0.3, 0.4) is 0 Å². The lowest BCUT2D eigenvalue weighted by atomic mass is 10.1. The van der Waals surface area contributed by atoms with Gasteiger partial charge in [0.15, 0.2) is 0 Å². The predicted molar refractivity (Wildman–Crippen MR) is 116 cm³/mol. The first-order chi connectivity index (χ1) is 13.2. The summed E-state index contributed by atoms with van der Waals surface area (Å²) in [6.07, 6.45) is 0. The first-order valence-corrected chi connectivity index (χ1v) is 10.5. The number of nitrogens with zero attached hydrogens (tertiary/aromatic N) is 1. The van der Waals surface area contributed by atoms with Gasteiger partial charge in [-0.25, -0.2) is 0 Å². The predicted octanol–water partition coefficient (Wildman–Crippen LogP) is 4.42. The minimum Gasteiger partial charge on any atom is -0.350 e. The molecule has 0 aliphatic carbocycles. The van der Waals surface area contributed by atoms with Crippen LogP contribution in [0.15, 0.2) is 59.5 Å². The van der Waals surface area contributed by atoms with Crippen LogP contribution in [0, 0.1) is 6.92 Å². The van der Waals surface area contributed by atoms with E-state index in [1.54, 1.807) is 11.8 Å². The Hall–Kier alpha value is -2.27. The Morgan fingerprint density at radius 3 is 2.25 bits per heavy atom. The van der Waals surface area contributed by atoms with E-state index < -0.39 is 6.04 Å². The van der Waals surface area contributed by atoms with E-state index in [2.05, 4.69) is 5.32 Å². The molecule has 1 N–H and O–H groups in total. The maximum Gasteiger partial charge on any atom is 0.242 e. The van der Waals surface area contributed by atoms with Crippen LogP contribution in [0.5, 0.6) is 0 Å². The van der Waals surface area contributed by atoms with Gasteiger partial charge in [0.25, 0.3) is 0 Å². The Morgan fingerprint density at radius 1 is 1.04 bits per heavy atom. The molecule has 0 heterocycles. The third-order valence-electron chi connectivity index (χ3n) is 4.37. The monoisotopic (exact) mass is 398 g/mol. The smallest absolute Gasteiger partial charge is 0.242 e. The minimum atomic E-state index is -0.553. The molecule has 5 heteroatoms. The van der Waals surface area contributed by atoms with Crippen molar-refractivity contribution in [2.24, 2.45) is 0 Å². The van der Waals surface area contributed by atoms with Crippen molar-refractivity contribution in [3.05, 3.63) is 65.7 Å². The highest BCUT2D eigenvalue weighted by Crippen LogP contribution is 2.20. The topological polar surface area (TPSA) is 49.4 Å². The van der Waals surface area contributed by atoms with Gasteiger partial charge in [0.2, 0.25) is 11.8 Å². The van der Waals surface area contributed by atoms with Crippen molar-refractivity contribution in [1.29, 1.82) is 0 Å². The lowest BCUT2D eigenvalue weighted by molar-refractivity contribution is -0.139. The molecule has 0 aromatic heterocycles. The van der Waals surface area contributed by atoms with Gasteiger partial charge in [-0.2, -0.15) is 0 Å². The Labute approximate surface area is 172 Å². The second-order valence-corrected chi connectivity index (χ2v) is 9.01. The fraction of sp³-hybridized carbons (Fsp3) is 0.391. The van der Waals surface area contributed by atoms with E-state index in [0.717, 1.165) is 16.0 Å². The van der Waals surface area contributed by atoms with Crippen LogP contribution in [0.2, 0.25) is 0 Å². The van der Waals surface area contributed by atoms with Gasteiger partial charge in [0, 0.05) is 17.0 Å². The number of aryl methyl sites for hydroxylation is 1. The normalized spacial score (nSPS) is 12.3. The van der Waals surface area contributed by atoms with E-state index in [1.807, 2.05) is 82.3 Å². The van der Waals surface area contributed by atoms with Crippen LogP contribution in [-0.2, 0) is 16.1 Å². The second kappa shape index (κ2) is 9.78. The average Bonchev–Trinajstić information content (AvgIpc) is 2.64. The fourth-order valence-electron chi connectivity index (χ4n) is 2.77. The molecule has 28 heavy (non-hydrogen) atoms. The van der Waals surface area contributed by atoms with Gasteiger partial charge in [-0.1, -0.05) is 42.5 Å². The zero-order valence-corrected chi connectivity index (χ0v) is 18.2. The molecule has 2 aromatic rings. The van der Waals surface area contributed by atoms with Crippen molar-refractivity contribution in [3.8, 4) is 0 Å².